The normalized spacial score (nSPS) is 22.2. The predicted octanol–water partition coefficient (Wildman–Crippen LogP) is 1.91. The van der Waals surface area contributed by atoms with E-state index < -0.39 is 5.97 Å². The van der Waals surface area contributed by atoms with E-state index in [4.69, 9.17) is 5.11 Å². The molecule has 0 heterocycles. The van der Waals surface area contributed by atoms with Crippen LogP contribution in [-0.4, -0.2) is 23.0 Å². The van der Waals surface area contributed by atoms with Gasteiger partial charge in [0.25, 0.3) is 0 Å². The zero-order chi connectivity index (χ0) is 13.8. The van der Waals surface area contributed by atoms with E-state index in [1.807, 2.05) is 31.2 Å². The number of carbonyl (C=O) groups is 2. The first-order valence-corrected chi connectivity index (χ1v) is 6.62. The van der Waals surface area contributed by atoms with Crippen LogP contribution in [0.2, 0.25) is 0 Å². The highest BCUT2D eigenvalue weighted by atomic mass is 16.4. The van der Waals surface area contributed by atoms with Gasteiger partial charge in [-0.15, -0.1) is 0 Å². The predicted molar refractivity (Wildman–Crippen MR) is 71.8 cm³/mol. The molecule has 19 heavy (non-hydrogen) atoms. The molecule has 0 aliphatic heterocycles. The summed E-state index contributed by atoms with van der Waals surface area (Å²) in [5, 5.41) is 11.8. The molecule has 0 unspecified atom stereocenters. The molecule has 2 atom stereocenters. The smallest absolute Gasteiger partial charge is 0.306 e. The summed E-state index contributed by atoms with van der Waals surface area (Å²) >= 11 is 0. The van der Waals surface area contributed by atoms with Crippen LogP contribution in [0.4, 0.5) is 0 Å². The van der Waals surface area contributed by atoms with Crippen molar-refractivity contribution in [3.8, 4) is 0 Å². The second-order valence-corrected chi connectivity index (χ2v) is 5.28. The topological polar surface area (TPSA) is 66.4 Å². The quantitative estimate of drug-likeness (QED) is 0.870. The molecule has 0 bridgehead atoms. The standard InChI is InChI=1S/C15H19NO3/c1-10-2-4-11(5-3-10)8-14(17)16-13-7-6-12(9-13)15(18)19/h2-5,12-13H,6-9H2,1H3,(H,16,17)(H,18,19)/t12-,13+/m0/s1. The number of aryl methyl sites for hydroxylation is 1. The Bertz CT molecular complexity index is 467. The van der Waals surface area contributed by atoms with Gasteiger partial charge < -0.3 is 10.4 Å². The van der Waals surface area contributed by atoms with E-state index in [1.54, 1.807) is 0 Å². The van der Waals surface area contributed by atoms with E-state index in [0.717, 1.165) is 12.0 Å². The molecule has 102 valence electrons. The highest BCUT2D eigenvalue weighted by molar-refractivity contribution is 5.79. The van der Waals surface area contributed by atoms with Gasteiger partial charge in [0.05, 0.1) is 12.3 Å². The van der Waals surface area contributed by atoms with E-state index in [2.05, 4.69) is 5.32 Å². The van der Waals surface area contributed by atoms with E-state index in [9.17, 15) is 9.59 Å². The molecule has 2 rings (SSSR count). The number of hydrogen-bond acceptors (Lipinski definition) is 2. The summed E-state index contributed by atoms with van der Waals surface area (Å²) < 4.78 is 0. The van der Waals surface area contributed by atoms with Gasteiger partial charge in [0.1, 0.15) is 0 Å². The maximum atomic E-state index is 11.9. The van der Waals surface area contributed by atoms with Gasteiger partial charge >= 0.3 is 5.97 Å². The van der Waals surface area contributed by atoms with Crippen LogP contribution in [0, 0.1) is 12.8 Å². The minimum Gasteiger partial charge on any atom is -0.481 e. The van der Waals surface area contributed by atoms with Crippen molar-refractivity contribution in [1.29, 1.82) is 0 Å². The van der Waals surface area contributed by atoms with Crippen molar-refractivity contribution in [3.63, 3.8) is 0 Å². The number of benzene rings is 1. The lowest BCUT2D eigenvalue weighted by atomic mass is 10.1. The molecule has 0 radical (unpaired) electrons. The van der Waals surface area contributed by atoms with Gasteiger partial charge in [0.15, 0.2) is 0 Å². The first-order valence-electron chi connectivity index (χ1n) is 6.62. The van der Waals surface area contributed by atoms with Crippen LogP contribution in [0.1, 0.15) is 30.4 Å². The number of rotatable bonds is 4. The third-order valence-corrected chi connectivity index (χ3v) is 3.63. The Balaban J connectivity index is 1.82. The van der Waals surface area contributed by atoms with Gasteiger partial charge in [0.2, 0.25) is 5.91 Å². The molecule has 0 saturated heterocycles. The van der Waals surface area contributed by atoms with Gasteiger partial charge in [-0.2, -0.15) is 0 Å². The summed E-state index contributed by atoms with van der Waals surface area (Å²) in [6.45, 7) is 2.01. The van der Waals surface area contributed by atoms with Crippen LogP contribution in [0.25, 0.3) is 0 Å². The third kappa shape index (κ3) is 3.81. The van der Waals surface area contributed by atoms with Crippen molar-refractivity contribution in [3.05, 3.63) is 35.4 Å². The second kappa shape index (κ2) is 5.87. The number of aliphatic carboxylic acids is 1. The molecule has 1 aliphatic carbocycles. The fourth-order valence-corrected chi connectivity index (χ4v) is 2.51. The molecule has 1 fully saturated rings. The zero-order valence-corrected chi connectivity index (χ0v) is 11.1. The second-order valence-electron chi connectivity index (χ2n) is 5.28. The molecule has 0 aromatic heterocycles. The van der Waals surface area contributed by atoms with E-state index in [1.165, 1.54) is 5.56 Å². The monoisotopic (exact) mass is 261 g/mol. The van der Waals surface area contributed by atoms with Gasteiger partial charge in [-0.05, 0) is 31.7 Å². The Hall–Kier alpha value is -1.84. The number of carbonyl (C=O) groups excluding carboxylic acids is 1. The third-order valence-electron chi connectivity index (χ3n) is 3.63. The first-order chi connectivity index (χ1) is 9.04. The SMILES string of the molecule is Cc1ccc(CC(=O)N[C@@H]2CC[C@H](C(=O)O)C2)cc1. The molecular weight excluding hydrogens is 242 g/mol. The van der Waals surface area contributed by atoms with Crippen LogP contribution in [0.3, 0.4) is 0 Å². The highest BCUT2D eigenvalue weighted by Gasteiger charge is 2.30. The first kappa shape index (κ1) is 13.6. The molecule has 4 nitrogen and oxygen atoms in total. The summed E-state index contributed by atoms with van der Waals surface area (Å²) in [4.78, 5) is 22.7. The number of carboxylic acid groups (broad SMARTS) is 1. The molecule has 1 aromatic carbocycles. The fourth-order valence-electron chi connectivity index (χ4n) is 2.51. The van der Waals surface area contributed by atoms with Crippen molar-refractivity contribution in [2.45, 2.75) is 38.6 Å². The molecule has 1 saturated carbocycles. The van der Waals surface area contributed by atoms with Gasteiger partial charge in [-0.1, -0.05) is 29.8 Å². The molecule has 2 N–H and O–H groups in total. The molecule has 4 heteroatoms. The van der Waals surface area contributed by atoms with E-state index in [-0.39, 0.29) is 17.9 Å². The van der Waals surface area contributed by atoms with Crippen molar-refractivity contribution in [1.82, 2.24) is 5.32 Å². The number of amides is 1. The van der Waals surface area contributed by atoms with Crippen molar-refractivity contribution >= 4 is 11.9 Å². The zero-order valence-electron chi connectivity index (χ0n) is 11.1. The maximum Gasteiger partial charge on any atom is 0.306 e. The lowest BCUT2D eigenvalue weighted by Gasteiger charge is -2.12. The largest absolute Gasteiger partial charge is 0.481 e. The van der Waals surface area contributed by atoms with Crippen molar-refractivity contribution < 1.29 is 14.7 Å². The van der Waals surface area contributed by atoms with E-state index in [0.29, 0.717) is 19.3 Å². The van der Waals surface area contributed by atoms with Crippen LogP contribution in [-0.2, 0) is 16.0 Å². The Kier molecular flexibility index (Phi) is 4.20. The summed E-state index contributed by atoms with van der Waals surface area (Å²) in [6, 6.07) is 7.88. The Labute approximate surface area is 112 Å². The van der Waals surface area contributed by atoms with Crippen molar-refractivity contribution in [2.24, 2.45) is 5.92 Å². The lowest BCUT2D eigenvalue weighted by Crippen LogP contribution is -2.34. The van der Waals surface area contributed by atoms with Crippen LogP contribution in [0.15, 0.2) is 24.3 Å². The Morgan fingerprint density at radius 1 is 1.26 bits per heavy atom. The lowest BCUT2D eigenvalue weighted by molar-refractivity contribution is -0.141. The average molecular weight is 261 g/mol. The summed E-state index contributed by atoms with van der Waals surface area (Å²) in [5.41, 5.74) is 2.15. The van der Waals surface area contributed by atoms with Gasteiger partial charge in [-0.25, -0.2) is 0 Å². The van der Waals surface area contributed by atoms with Crippen molar-refractivity contribution in [2.75, 3.05) is 0 Å². The molecule has 1 aliphatic rings. The number of hydrogen-bond donors (Lipinski definition) is 2. The summed E-state index contributed by atoms with van der Waals surface area (Å²) in [5.74, 6) is -1.08. The maximum absolute atomic E-state index is 11.9. The van der Waals surface area contributed by atoms with Crippen LogP contribution >= 0.6 is 0 Å². The summed E-state index contributed by atoms with van der Waals surface area (Å²) in [7, 11) is 0. The average Bonchev–Trinajstić information content (AvgIpc) is 2.80. The molecule has 1 aromatic rings. The molecule has 0 spiro atoms. The summed E-state index contributed by atoms with van der Waals surface area (Å²) in [6.07, 6.45) is 2.32. The fraction of sp³-hybridized carbons (Fsp3) is 0.467. The number of carboxylic acids is 1. The Morgan fingerprint density at radius 3 is 2.53 bits per heavy atom. The van der Waals surface area contributed by atoms with Gasteiger partial charge in [-0.3, -0.25) is 9.59 Å². The molecule has 1 amide bonds. The highest BCUT2D eigenvalue weighted by Crippen LogP contribution is 2.25. The minimum atomic E-state index is -0.754. The van der Waals surface area contributed by atoms with E-state index >= 15 is 0 Å². The van der Waals surface area contributed by atoms with Crippen LogP contribution in [0.5, 0.6) is 0 Å². The minimum absolute atomic E-state index is 0.0130. The van der Waals surface area contributed by atoms with Gasteiger partial charge in [0, 0.05) is 6.04 Å². The number of nitrogens with one attached hydrogen (secondary N) is 1. The van der Waals surface area contributed by atoms with Crippen LogP contribution < -0.4 is 5.32 Å². The Morgan fingerprint density at radius 2 is 1.95 bits per heavy atom. The molecular formula is C15H19NO3.